The molecule has 0 heterocycles. The van der Waals surface area contributed by atoms with E-state index in [9.17, 15) is 0 Å². The van der Waals surface area contributed by atoms with Gasteiger partial charge >= 0.3 is 0 Å². The molecule has 1 aromatic rings. The predicted octanol–water partition coefficient (Wildman–Crippen LogP) is 3.11. The monoisotopic (exact) mass is 221 g/mol. The van der Waals surface area contributed by atoms with Crippen LogP contribution in [0.5, 0.6) is 0 Å². The molecule has 0 fully saturated rings. The third-order valence-corrected chi connectivity index (χ3v) is 3.20. The van der Waals surface area contributed by atoms with Crippen molar-refractivity contribution < 1.29 is 4.74 Å². The lowest BCUT2D eigenvalue weighted by Gasteiger charge is -2.17. The van der Waals surface area contributed by atoms with E-state index in [4.69, 9.17) is 4.74 Å². The van der Waals surface area contributed by atoms with Gasteiger partial charge in [0.15, 0.2) is 0 Å². The summed E-state index contributed by atoms with van der Waals surface area (Å²) < 4.78 is 5.19. The van der Waals surface area contributed by atoms with Gasteiger partial charge in [0.2, 0.25) is 0 Å². The molecule has 0 spiro atoms. The third-order valence-electron chi connectivity index (χ3n) is 3.20. The van der Waals surface area contributed by atoms with E-state index < -0.39 is 0 Å². The van der Waals surface area contributed by atoms with Gasteiger partial charge in [-0.3, -0.25) is 0 Å². The van der Waals surface area contributed by atoms with Crippen molar-refractivity contribution in [3.63, 3.8) is 0 Å². The maximum absolute atomic E-state index is 5.19. The quantitative estimate of drug-likeness (QED) is 0.797. The fourth-order valence-corrected chi connectivity index (χ4v) is 1.81. The molecule has 0 radical (unpaired) electrons. The maximum atomic E-state index is 5.19. The molecule has 16 heavy (non-hydrogen) atoms. The minimum absolute atomic E-state index is 0.288. The van der Waals surface area contributed by atoms with Crippen LogP contribution >= 0.6 is 0 Å². The van der Waals surface area contributed by atoms with Gasteiger partial charge in [0, 0.05) is 7.11 Å². The molecule has 2 atom stereocenters. The zero-order valence-corrected chi connectivity index (χ0v) is 10.8. The van der Waals surface area contributed by atoms with Gasteiger partial charge in [0.05, 0.1) is 12.6 Å². The molecule has 0 aliphatic carbocycles. The standard InChI is InChI=1S/C14H23NO/c1-5-11(2)12-6-8-13(9-7-12)14(15-3)10-16-4/h6-9,11,14-15H,5,10H2,1-4H3. The fraction of sp³-hybridized carbons (Fsp3) is 0.571. The summed E-state index contributed by atoms with van der Waals surface area (Å²) >= 11 is 0. The van der Waals surface area contributed by atoms with E-state index in [2.05, 4.69) is 43.4 Å². The average Bonchev–Trinajstić information content (AvgIpc) is 2.35. The van der Waals surface area contributed by atoms with Gasteiger partial charge in [-0.05, 0) is 30.5 Å². The highest BCUT2D eigenvalue weighted by Crippen LogP contribution is 2.21. The second-order valence-corrected chi connectivity index (χ2v) is 4.27. The van der Waals surface area contributed by atoms with E-state index in [1.807, 2.05) is 7.05 Å². The van der Waals surface area contributed by atoms with E-state index in [1.54, 1.807) is 7.11 Å². The Morgan fingerprint density at radius 2 is 1.75 bits per heavy atom. The first-order valence-electron chi connectivity index (χ1n) is 5.99. The van der Waals surface area contributed by atoms with Crippen molar-refractivity contribution in [3.05, 3.63) is 35.4 Å². The first-order chi connectivity index (χ1) is 7.72. The van der Waals surface area contributed by atoms with Crippen LogP contribution in [0.3, 0.4) is 0 Å². The lowest BCUT2D eigenvalue weighted by Crippen LogP contribution is -2.21. The summed E-state index contributed by atoms with van der Waals surface area (Å²) in [5.41, 5.74) is 2.70. The Bertz CT molecular complexity index is 294. The van der Waals surface area contributed by atoms with Crippen LogP contribution in [0.25, 0.3) is 0 Å². The molecule has 2 nitrogen and oxygen atoms in total. The molecule has 0 aliphatic rings. The van der Waals surface area contributed by atoms with Crippen molar-refractivity contribution in [3.8, 4) is 0 Å². The molecular formula is C14H23NO. The molecule has 1 aromatic carbocycles. The summed E-state index contributed by atoms with van der Waals surface area (Å²) in [6.45, 7) is 5.19. The van der Waals surface area contributed by atoms with Crippen molar-refractivity contribution in [2.45, 2.75) is 32.2 Å². The summed E-state index contributed by atoms with van der Waals surface area (Å²) in [5, 5.41) is 3.26. The highest BCUT2D eigenvalue weighted by Gasteiger charge is 2.09. The van der Waals surface area contributed by atoms with Crippen LogP contribution in [0, 0.1) is 0 Å². The molecular weight excluding hydrogens is 198 g/mol. The zero-order valence-electron chi connectivity index (χ0n) is 10.8. The minimum Gasteiger partial charge on any atom is -0.383 e. The maximum Gasteiger partial charge on any atom is 0.0657 e. The number of methoxy groups -OCH3 is 1. The zero-order chi connectivity index (χ0) is 12.0. The van der Waals surface area contributed by atoms with Gasteiger partial charge < -0.3 is 10.1 Å². The minimum atomic E-state index is 0.288. The molecule has 0 bridgehead atoms. The van der Waals surface area contributed by atoms with Crippen LogP contribution in [0.4, 0.5) is 0 Å². The Morgan fingerprint density at radius 1 is 1.19 bits per heavy atom. The van der Waals surface area contributed by atoms with Gasteiger partial charge in [-0.1, -0.05) is 38.1 Å². The molecule has 0 aliphatic heterocycles. The lowest BCUT2D eigenvalue weighted by atomic mass is 9.96. The Kier molecular flexibility index (Phi) is 5.50. The summed E-state index contributed by atoms with van der Waals surface area (Å²) in [6.07, 6.45) is 1.19. The summed E-state index contributed by atoms with van der Waals surface area (Å²) in [5.74, 6) is 0.643. The SMILES string of the molecule is CCC(C)c1ccc(C(COC)NC)cc1. The molecule has 0 saturated heterocycles. The van der Waals surface area contributed by atoms with Crippen LogP contribution in [-0.4, -0.2) is 20.8 Å². The van der Waals surface area contributed by atoms with Gasteiger partial charge in [0.1, 0.15) is 0 Å². The molecule has 90 valence electrons. The molecule has 0 saturated carbocycles. The van der Waals surface area contributed by atoms with E-state index in [-0.39, 0.29) is 6.04 Å². The van der Waals surface area contributed by atoms with Gasteiger partial charge in [-0.2, -0.15) is 0 Å². The van der Waals surface area contributed by atoms with Crippen molar-refractivity contribution in [1.29, 1.82) is 0 Å². The van der Waals surface area contributed by atoms with Crippen molar-refractivity contribution in [2.24, 2.45) is 0 Å². The third kappa shape index (κ3) is 3.32. The number of likely N-dealkylation sites (N-methyl/N-ethyl adjacent to an activating group) is 1. The number of rotatable bonds is 6. The molecule has 2 unspecified atom stereocenters. The van der Waals surface area contributed by atoms with E-state index in [0.29, 0.717) is 12.5 Å². The normalized spacial score (nSPS) is 14.8. The van der Waals surface area contributed by atoms with Gasteiger partial charge in [-0.25, -0.2) is 0 Å². The van der Waals surface area contributed by atoms with Crippen molar-refractivity contribution >= 4 is 0 Å². The Morgan fingerprint density at radius 3 is 2.19 bits per heavy atom. The average molecular weight is 221 g/mol. The topological polar surface area (TPSA) is 21.3 Å². The van der Waals surface area contributed by atoms with Crippen LogP contribution < -0.4 is 5.32 Å². The highest BCUT2D eigenvalue weighted by atomic mass is 16.5. The van der Waals surface area contributed by atoms with Crippen LogP contribution in [-0.2, 0) is 4.74 Å². The Balaban J connectivity index is 2.76. The Hall–Kier alpha value is -0.860. The first kappa shape index (κ1) is 13.2. The smallest absolute Gasteiger partial charge is 0.0657 e. The second-order valence-electron chi connectivity index (χ2n) is 4.27. The second kappa shape index (κ2) is 6.66. The van der Waals surface area contributed by atoms with Crippen LogP contribution in [0.1, 0.15) is 43.4 Å². The fourth-order valence-electron chi connectivity index (χ4n) is 1.81. The summed E-state index contributed by atoms with van der Waals surface area (Å²) in [4.78, 5) is 0. The number of hydrogen-bond acceptors (Lipinski definition) is 2. The predicted molar refractivity (Wildman–Crippen MR) is 68.8 cm³/mol. The van der Waals surface area contributed by atoms with Gasteiger partial charge in [0.25, 0.3) is 0 Å². The van der Waals surface area contributed by atoms with Crippen molar-refractivity contribution in [1.82, 2.24) is 5.32 Å². The number of ether oxygens (including phenoxy) is 1. The van der Waals surface area contributed by atoms with Gasteiger partial charge in [-0.15, -0.1) is 0 Å². The summed E-state index contributed by atoms with van der Waals surface area (Å²) in [7, 11) is 3.70. The molecule has 0 aromatic heterocycles. The lowest BCUT2D eigenvalue weighted by molar-refractivity contribution is 0.170. The van der Waals surface area contributed by atoms with Crippen LogP contribution in [0.2, 0.25) is 0 Å². The first-order valence-corrected chi connectivity index (χ1v) is 5.99. The Labute approximate surface area is 99.0 Å². The molecule has 1 rings (SSSR count). The van der Waals surface area contributed by atoms with Crippen molar-refractivity contribution in [2.75, 3.05) is 20.8 Å². The molecule has 2 heteroatoms. The number of hydrogen-bond donors (Lipinski definition) is 1. The number of benzene rings is 1. The molecule has 1 N–H and O–H groups in total. The van der Waals surface area contributed by atoms with E-state index >= 15 is 0 Å². The largest absolute Gasteiger partial charge is 0.383 e. The molecule has 0 amide bonds. The van der Waals surface area contributed by atoms with Crippen LogP contribution in [0.15, 0.2) is 24.3 Å². The van der Waals surface area contributed by atoms with E-state index in [0.717, 1.165) is 0 Å². The van der Waals surface area contributed by atoms with E-state index in [1.165, 1.54) is 17.5 Å². The summed E-state index contributed by atoms with van der Waals surface area (Å²) in [6, 6.07) is 9.13. The number of nitrogens with one attached hydrogen (secondary N) is 1. The highest BCUT2D eigenvalue weighted by molar-refractivity contribution is 5.27.